The zero-order valence-electron chi connectivity index (χ0n) is 9.63. The van der Waals surface area contributed by atoms with Crippen molar-refractivity contribution in [1.82, 2.24) is 5.32 Å². The molecule has 1 aromatic rings. The number of ether oxygens (including phenoxy) is 1. The van der Waals surface area contributed by atoms with Crippen molar-refractivity contribution in [2.45, 2.75) is 13.3 Å². The van der Waals surface area contributed by atoms with Crippen molar-refractivity contribution in [3.63, 3.8) is 0 Å². The van der Waals surface area contributed by atoms with E-state index in [9.17, 15) is 9.18 Å². The molecular weight excluding hydrogens is 289 g/mol. The van der Waals surface area contributed by atoms with Gasteiger partial charge in [-0.1, -0.05) is 0 Å². The molecule has 0 aliphatic rings. The van der Waals surface area contributed by atoms with E-state index in [0.717, 1.165) is 6.42 Å². The molecule has 0 saturated carbocycles. The summed E-state index contributed by atoms with van der Waals surface area (Å²) in [5.74, 6) is -0.585. The Kier molecular flexibility index (Phi) is 6.15. The summed E-state index contributed by atoms with van der Waals surface area (Å²) in [7, 11) is 0. The number of rotatable bonds is 6. The van der Waals surface area contributed by atoms with Crippen molar-refractivity contribution in [2.24, 2.45) is 0 Å². The largest absolute Gasteiger partial charge is 0.382 e. The van der Waals surface area contributed by atoms with Gasteiger partial charge in [-0.05, 0) is 47.5 Å². The zero-order valence-corrected chi connectivity index (χ0v) is 11.2. The molecule has 0 aliphatic carbocycles. The molecule has 0 saturated heterocycles. The van der Waals surface area contributed by atoms with E-state index in [2.05, 4.69) is 21.2 Å². The smallest absolute Gasteiger partial charge is 0.252 e. The SMILES string of the molecule is CCOCCCNC(=O)c1ccc(F)cc1Br. The molecule has 0 heterocycles. The van der Waals surface area contributed by atoms with Gasteiger partial charge in [0.25, 0.3) is 5.91 Å². The predicted octanol–water partition coefficient (Wildman–Crippen LogP) is 2.74. The fourth-order valence-corrected chi connectivity index (χ4v) is 1.82. The van der Waals surface area contributed by atoms with Crippen LogP contribution in [0.15, 0.2) is 22.7 Å². The molecule has 0 spiro atoms. The lowest BCUT2D eigenvalue weighted by Crippen LogP contribution is -2.25. The van der Waals surface area contributed by atoms with Crippen LogP contribution in [0, 0.1) is 5.82 Å². The van der Waals surface area contributed by atoms with Crippen LogP contribution in [0.4, 0.5) is 4.39 Å². The van der Waals surface area contributed by atoms with Crippen molar-refractivity contribution in [3.8, 4) is 0 Å². The Morgan fingerprint density at radius 3 is 2.94 bits per heavy atom. The fourth-order valence-electron chi connectivity index (χ4n) is 1.29. The predicted molar refractivity (Wildman–Crippen MR) is 67.5 cm³/mol. The van der Waals surface area contributed by atoms with E-state index < -0.39 is 0 Å². The number of benzene rings is 1. The minimum Gasteiger partial charge on any atom is -0.382 e. The Labute approximate surface area is 108 Å². The number of nitrogens with one attached hydrogen (secondary N) is 1. The molecule has 94 valence electrons. The van der Waals surface area contributed by atoms with Crippen LogP contribution in [-0.4, -0.2) is 25.7 Å². The number of carbonyl (C=O) groups excluding carboxylic acids is 1. The highest BCUT2D eigenvalue weighted by Gasteiger charge is 2.09. The van der Waals surface area contributed by atoms with E-state index in [-0.39, 0.29) is 11.7 Å². The van der Waals surface area contributed by atoms with E-state index in [1.807, 2.05) is 6.92 Å². The molecule has 17 heavy (non-hydrogen) atoms. The van der Waals surface area contributed by atoms with Crippen LogP contribution in [0.3, 0.4) is 0 Å². The third-order valence-corrected chi connectivity index (χ3v) is 2.79. The average molecular weight is 304 g/mol. The Balaban J connectivity index is 2.42. The first kappa shape index (κ1) is 14.1. The minimum atomic E-state index is -0.371. The van der Waals surface area contributed by atoms with Gasteiger partial charge in [0.2, 0.25) is 0 Å². The monoisotopic (exact) mass is 303 g/mol. The minimum absolute atomic E-state index is 0.214. The molecule has 0 bridgehead atoms. The summed E-state index contributed by atoms with van der Waals surface area (Å²) in [6, 6.07) is 3.99. The highest BCUT2D eigenvalue weighted by atomic mass is 79.9. The summed E-state index contributed by atoms with van der Waals surface area (Å²) in [4.78, 5) is 11.7. The van der Waals surface area contributed by atoms with E-state index in [0.29, 0.717) is 29.8 Å². The van der Waals surface area contributed by atoms with Gasteiger partial charge in [0.1, 0.15) is 5.82 Å². The molecule has 0 aromatic heterocycles. The molecule has 0 atom stereocenters. The van der Waals surface area contributed by atoms with Crippen LogP contribution in [-0.2, 0) is 4.74 Å². The number of hydrogen-bond donors (Lipinski definition) is 1. The second-order valence-electron chi connectivity index (χ2n) is 3.43. The summed E-state index contributed by atoms with van der Waals surface area (Å²) < 4.78 is 18.4. The molecule has 0 fully saturated rings. The van der Waals surface area contributed by atoms with E-state index in [1.54, 1.807) is 0 Å². The third-order valence-electron chi connectivity index (χ3n) is 2.13. The summed E-state index contributed by atoms with van der Waals surface area (Å²) in [5, 5.41) is 2.75. The van der Waals surface area contributed by atoms with Crippen molar-refractivity contribution in [1.29, 1.82) is 0 Å². The van der Waals surface area contributed by atoms with Crippen LogP contribution in [0.5, 0.6) is 0 Å². The number of amides is 1. The van der Waals surface area contributed by atoms with Crippen LogP contribution in [0.25, 0.3) is 0 Å². The Morgan fingerprint density at radius 2 is 2.29 bits per heavy atom. The molecule has 3 nitrogen and oxygen atoms in total. The third kappa shape index (κ3) is 4.83. The lowest BCUT2D eigenvalue weighted by molar-refractivity contribution is 0.0943. The molecule has 0 radical (unpaired) electrons. The maximum absolute atomic E-state index is 12.8. The van der Waals surface area contributed by atoms with Crippen molar-refractivity contribution >= 4 is 21.8 Å². The molecule has 1 amide bonds. The summed E-state index contributed by atoms with van der Waals surface area (Å²) >= 11 is 3.16. The average Bonchev–Trinajstić information content (AvgIpc) is 2.28. The topological polar surface area (TPSA) is 38.3 Å². The van der Waals surface area contributed by atoms with E-state index in [4.69, 9.17) is 4.74 Å². The van der Waals surface area contributed by atoms with Gasteiger partial charge in [-0.3, -0.25) is 4.79 Å². The van der Waals surface area contributed by atoms with Gasteiger partial charge in [-0.15, -0.1) is 0 Å². The maximum atomic E-state index is 12.8. The number of halogens is 2. The lowest BCUT2D eigenvalue weighted by atomic mass is 10.2. The van der Waals surface area contributed by atoms with Gasteiger partial charge >= 0.3 is 0 Å². The molecule has 0 aliphatic heterocycles. The highest BCUT2D eigenvalue weighted by Crippen LogP contribution is 2.17. The summed E-state index contributed by atoms with van der Waals surface area (Å²) in [6.45, 7) is 3.77. The second-order valence-corrected chi connectivity index (χ2v) is 4.28. The van der Waals surface area contributed by atoms with E-state index >= 15 is 0 Å². The van der Waals surface area contributed by atoms with Crippen LogP contribution in [0.1, 0.15) is 23.7 Å². The first-order chi connectivity index (χ1) is 8.15. The molecule has 5 heteroatoms. The fraction of sp³-hybridized carbons (Fsp3) is 0.417. The van der Waals surface area contributed by atoms with Crippen molar-refractivity contribution < 1.29 is 13.9 Å². The normalized spacial score (nSPS) is 10.3. The first-order valence-corrected chi connectivity index (χ1v) is 6.25. The quantitative estimate of drug-likeness (QED) is 0.821. The van der Waals surface area contributed by atoms with Crippen molar-refractivity contribution in [3.05, 3.63) is 34.1 Å². The van der Waals surface area contributed by atoms with Crippen LogP contribution >= 0.6 is 15.9 Å². The highest BCUT2D eigenvalue weighted by molar-refractivity contribution is 9.10. The van der Waals surface area contributed by atoms with Gasteiger partial charge in [-0.25, -0.2) is 4.39 Å². The molecule has 1 N–H and O–H groups in total. The van der Waals surface area contributed by atoms with Gasteiger partial charge < -0.3 is 10.1 Å². The van der Waals surface area contributed by atoms with Gasteiger partial charge in [-0.2, -0.15) is 0 Å². The Hall–Kier alpha value is -0.940. The van der Waals surface area contributed by atoms with Crippen molar-refractivity contribution in [2.75, 3.05) is 19.8 Å². The molecular formula is C12H15BrFNO2. The van der Waals surface area contributed by atoms with Gasteiger partial charge in [0.05, 0.1) is 5.56 Å². The summed E-state index contributed by atoms with van der Waals surface area (Å²) in [5.41, 5.74) is 0.433. The van der Waals surface area contributed by atoms with Crippen LogP contribution in [0.2, 0.25) is 0 Å². The Bertz CT molecular complexity index is 385. The molecule has 0 unspecified atom stereocenters. The van der Waals surface area contributed by atoms with Gasteiger partial charge in [0.15, 0.2) is 0 Å². The zero-order chi connectivity index (χ0) is 12.7. The maximum Gasteiger partial charge on any atom is 0.252 e. The molecule has 1 aromatic carbocycles. The van der Waals surface area contributed by atoms with Gasteiger partial charge in [0, 0.05) is 24.2 Å². The second kappa shape index (κ2) is 7.40. The van der Waals surface area contributed by atoms with E-state index in [1.165, 1.54) is 18.2 Å². The first-order valence-electron chi connectivity index (χ1n) is 5.46. The summed E-state index contributed by atoms with van der Waals surface area (Å²) in [6.07, 6.45) is 0.762. The lowest BCUT2D eigenvalue weighted by Gasteiger charge is -2.07. The number of hydrogen-bond acceptors (Lipinski definition) is 2. The van der Waals surface area contributed by atoms with Crippen LogP contribution < -0.4 is 5.32 Å². The standard InChI is InChI=1S/C12H15BrFNO2/c1-2-17-7-3-6-15-12(16)10-5-4-9(14)8-11(10)13/h4-5,8H,2-3,6-7H2,1H3,(H,15,16). The number of carbonyl (C=O) groups is 1. The molecule has 1 rings (SSSR count). The Morgan fingerprint density at radius 1 is 1.53 bits per heavy atom.